The van der Waals surface area contributed by atoms with E-state index in [1.165, 1.54) is 10.9 Å². The van der Waals surface area contributed by atoms with Gasteiger partial charge in [0, 0.05) is 12.2 Å². The summed E-state index contributed by atoms with van der Waals surface area (Å²) in [4.78, 5) is 26.9. The van der Waals surface area contributed by atoms with Crippen molar-refractivity contribution in [3.05, 3.63) is 42.0 Å². The van der Waals surface area contributed by atoms with Gasteiger partial charge in [-0.3, -0.25) is 4.79 Å². The summed E-state index contributed by atoms with van der Waals surface area (Å²) < 4.78 is 5.29. The summed E-state index contributed by atoms with van der Waals surface area (Å²) in [6.45, 7) is 7.93. The second-order valence-electron chi connectivity index (χ2n) is 7.68. The van der Waals surface area contributed by atoms with Gasteiger partial charge in [-0.25, -0.2) is 4.79 Å². The zero-order chi connectivity index (χ0) is 18.9. The maximum atomic E-state index is 13.0. The number of amides is 2. The molecule has 1 aliphatic rings. The fourth-order valence-corrected chi connectivity index (χ4v) is 3.28. The molecule has 0 aliphatic carbocycles. The standard InChI is InChI=1S/C21H26N2O3/c1-5-17(22-20(25)26-21(2,3)4)19(24)23-11-10-16-12-14-8-6-7-9-15(14)13-18(16)23/h6-9,12-13,17H,5,10-11H2,1-4H3,(H,22,25)/t17-/m0/s1. The summed E-state index contributed by atoms with van der Waals surface area (Å²) in [7, 11) is 0. The van der Waals surface area contributed by atoms with E-state index in [4.69, 9.17) is 4.74 Å². The van der Waals surface area contributed by atoms with Crippen LogP contribution < -0.4 is 10.2 Å². The number of nitrogens with zero attached hydrogens (tertiary/aromatic N) is 1. The minimum absolute atomic E-state index is 0.0904. The quantitative estimate of drug-likeness (QED) is 0.905. The largest absolute Gasteiger partial charge is 0.444 e. The molecule has 3 rings (SSSR count). The molecule has 0 fully saturated rings. The molecule has 1 aliphatic heterocycles. The minimum Gasteiger partial charge on any atom is -0.444 e. The third kappa shape index (κ3) is 3.82. The van der Waals surface area contributed by atoms with E-state index in [0.29, 0.717) is 13.0 Å². The first-order valence-corrected chi connectivity index (χ1v) is 9.11. The molecular formula is C21H26N2O3. The van der Waals surface area contributed by atoms with Crippen LogP contribution >= 0.6 is 0 Å². The zero-order valence-electron chi connectivity index (χ0n) is 15.8. The van der Waals surface area contributed by atoms with Crippen molar-refractivity contribution in [2.75, 3.05) is 11.4 Å². The van der Waals surface area contributed by atoms with Crippen molar-refractivity contribution in [1.29, 1.82) is 0 Å². The molecule has 1 N–H and O–H groups in total. The van der Waals surface area contributed by atoms with Gasteiger partial charge in [0.1, 0.15) is 11.6 Å². The normalized spacial score (nSPS) is 14.8. The van der Waals surface area contributed by atoms with E-state index in [0.717, 1.165) is 17.5 Å². The van der Waals surface area contributed by atoms with Gasteiger partial charge in [0.2, 0.25) is 5.91 Å². The van der Waals surface area contributed by atoms with E-state index >= 15 is 0 Å². The molecule has 0 unspecified atom stereocenters. The van der Waals surface area contributed by atoms with Gasteiger partial charge in [0.15, 0.2) is 0 Å². The monoisotopic (exact) mass is 354 g/mol. The number of hydrogen-bond donors (Lipinski definition) is 1. The molecule has 2 amide bonds. The second-order valence-corrected chi connectivity index (χ2v) is 7.68. The van der Waals surface area contributed by atoms with Crippen molar-refractivity contribution in [3.8, 4) is 0 Å². The molecule has 138 valence electrons. The second kappa shape index (κ2) is 6.98. The number of fused-ring (bicyclic) bond motifs is 2. The first kappa shape index (κ1) is 18.2. The van der Waals surface area contributed by atoms with Gasteiger partial charge in [-0.05, 0) is 62.1 Å². The number of rotatable bonds is 3. The molecule has 1 atom stereocenters. The summed E-state index contributed by atoms with van der Waals surface area (Å²) in [5.41, 5.74) is 1.52. The van der Waals surface area contributed by atoms with Crippen LogP contribution in [0.5, 0.6) is 0 Å². The summed E-state index contributed by atoms with van der Waals surface area (Å²) in [6, 6.07) is 11.8. The predicted molar refractivity (Wildman–Crippen MR) is 103 cm³/mol. The van der Waals surface area contributed by atoms with Gasteiger partial charge < -0.3 is 15.0 Å². The van der Waals surface area contributed by atoms with Crippen molar-refractivity contribution in [1.82, 2.24) is 5.32 Å². The molecule has 0 radical (unpaired) electrons. The van der Waals surface area contributed by atoms with Crippen molar-refractivity contribution in [2.24, 2.45) is 0 Å². The Hall–Kier alpha value is -2.56. The Bertz CT molecular complexity index is 839. The number of ether oxygens (including phenoxy) is 1. The molecule has 2 aromatic rings. The zero-order valence-corrected chi connectivity index (χ0v) is 15.8. The first-order chi connectivity index (χ1) is 12.3. The Labute approximate surface area is 154 Å². The fraction of sp³-hybridized carbons (Fsp3) is 0.429. The molecule has 0 saturated heterocycles. The predicted octanol–water partition coefficient (Wildman–Crippen LogP) is 4.03. The molecule has 1 heterocycles. The molecule has 0 bridgehead atoms. The van der Waals surface area contributed by atoms with Crippen LogP contribution in [0.3, 0.4) is 0 Å². The number of anilines is 1. The van der Waals surface area contributed by atoms with Gasteiger partial charge in [-0.1, -0.05) is 31.2 Å². The van der Waals surface area contributed by atoms with Gasteiger partial charge in [0.05, 0.1) is 0 Å². The van der Waals surface area contributed by atoms with E-state index in [1.54, 1.807) is 25.7 Å². The van der Waals surface area contributed by atoms with Crippen LogP contribution in [0.2, 0.25) is 0 Å². The maximum Gasteiger partial charge on any atom is 0.408 e. The smallest absolute Gasteiger partial charge is 0.408 e. The molecule has 0 spiro atoms. The lowest BCUT2D eigenvalue weighted by atomic mass is 10.0. The van der Waals surface area contributed by atoms with Gasteiger partial charge >= 0.3 is 6.09 Å². The molecule has 5 heteroatoms. The van der Waals surface area contributed by atoms with Crippen LogP contribution in [-0.2, 0) is 16.0 Å². The van der Waals surface area contributed by atoms with Crippen LogP contribution in [-0.4, -0.2) is 30.2 Å². The lowest BCUT2D eigenvalue weighted by Crippen LogP contribution is -2.49. The Morgan fingerprint density at radius 2 is 1.85 bits per heavy atom. The van der Waals surface area contributed by atoms with Crippen LogP contribution in [0.4, 0.5) is 10.5 Å². The Balaban J connectivity index is 1.80. The van der Waals surface area contributed by atoms with Crippen LogP contribution in [0.1, 0.15) is 39.7 Å². The highest BCUT2D eigenvalue weighted by Crippen LogP contribution is 2.33. The average Bonchev–Trinajstić information content (AvgIpc) is 2.98. The Morgan fingerprint density at radius 1 is 1.19 bits per heavy atom. The number of nitrogens with one attached hydrogen (secondary N) is 1. The van der Waals surface area contributed by atoms with Crippen molar-refractivity contribution >= 4 is 28.5 Å². The SMILES string of the molecule is CC[C@H](NC(=O)OC(C)(C)C)C(=O)N1CCc2cc3ccccc3cc21. The Kier molecular flexibility index (Phi) is 4.90. The molecule has 26 heavy (non-hydrogen) atoms. The van der Waals surface area contributed by atoms with Gasteiger partial charge in [-0.2, -0.15) is 0 Å². The number of carbonyl (C=O) groups is 2. The maximum absolute atomic E-state index is 13.0. The lowest BCUT2D eigenvalue weighted by molar-refractivity contribution is -0.120. The minimum atomic E-state index is -0.595. The number of benzene rings is 2. The molecular weight excluding hydrogens is 328 g/mol. The van der Waals surface area contributed by atoms with Gasteiger partial charge in [0.25, 0.3) is 0 Å². The summed E-state index contributed by atoms with van der Waals surface area (Å²) in [5.74, 6) is -0.0904. The van der Waals surface area contributed by atoms with E-state index < -0.39 is 17.7 Å². The molecule has 2 aromatic carbocycles. The molecule has 0 aromatic heterocycles. The van der Waals surface area contributed by atoms with E-state index in [9.17, 15) is 9.59 Å². The number of alkyl carbamates (subject to hydrolysis) is 1. The van der Waals surface area contributed by atoms with Crippen LogP contribution in [0.25, 0.3) is 10.8 Å². The Morgan fingerprint density at radius 3 is 2.46 bits per heavy atom. The summed E-state index contributed by atoms with van der Waals surface area (Å²) in [6.07, 6.45) is 0.780. The highest BCUT2D eigenvalue weighted by molar-refractivity contribution is 6.02. The lowest BCUT2D eigenvalue weighted by Gasteiger charge is -2.26. The topological polar surface area (TPSA) is 58.6 Å². The highest BCUT2D eigenvalue weighted by Gasteiger charge is 2.31. The molecule has 0 saturated carbocycles. The van der Waals surface area contributed by atoms with E-state index in [-0.39, 0.29) is 5.91 Å². The van der Waals surface area contributed by atoms with Crippen molar-refractivity contribution < 1.29 is 14.3 Å². The molecule has 5 nitrogen and oxygen atoms in total. The third-order valence-corrected chi connectivity index (χ3v) is 4.51. The van der Waals surface area contributed by atoms with E-state index in [1.807, 2.05) is 25.1 Å². The number of carbonyl (C=O) groups excluding carboxylic acids is 2. The first-order valence-electron chi connectivity index (χ1n) is 9.11. The number of hydrogen-bond acceptors (Lipinski definition) is 3. The van der Waals surface area contributed by atoms with Crippen LogP contribution in [0, 0.1) is 0 Å². The van der Waals surface area contributed by atoms with E-state index in [2.05, 4.69) is 23.5 Å². The highest BCUT2D eigenvalue weighted by atomic mass is 16.6. The van der Waals surface area contributed by atoms with Crippen molar-refractivity contribution in [3.63, 3.8) is 0 Å². The fourth-order valence-electron chi connectivity index (χ4n) is 3.28. The average molecular weight is 354 g/mol. The van der Waals surface area contributed by atoms with Crippen LogP contribution in [0.15, 0.2) is 36.4 Å². The third-order valence-electron chi connectivity index (χ3n) is 4.51. The van der Waals surface area contributed by atoms with Gasteiger partial charge in [-0.15, -0.1) is 0 Å². The summed E-state index contributed by atoms with van der Waals surface area (Å²) in [5, 5.41) is 5.01. The van der Waals surface area contributed by atoms with Crippen molar-refractivity contribution in [2.45, 2.75) is 52.2 Å². The summed E-state index contributed by atoms with van der Waals surface area (Å²) >= 11 is 0.